The number of benzene rings is 1. The van der Waals surface area contributed by atoms with Gasteiger partial charge >= 0.3 is 0 Å². The summed E-state index contributed by atoms with van der Waals surface area (Å²) in [4.78, 5) is 0. The van der Waals surface area contributed by atoms with Crippen molar-refractivity contribution in [1.29, 1.82) is 0 Å². The molecule has 6 nitrogen and oxygen atoms in total. The number of nitrogens with zero attached hydrogens (tertiary/aromatic N) is 2. The number of anilines is 1. The van der Waals surface area contributed by atoms with Crippen LogP contribution in [0, 0.1) is 13.8 Å². The summed E-state index contributed by atoms with van der Waals surface area (Å²) in [5.41, 5.74) is 1.74. The molecule has 138 valence electrons. The zero-order chi connectivity index (χ0) is 18.6. The van der Waals surface area contributed by atoms with Gasteiger partial charge in [0, 0.05) is 5.02 Å². The zero-order valence-electron chi connectivity index (χ0n) is 14.3. The molecule has 0 unspecified atom stereocenters. The van der Waals surface area contributed by atoms with E-state index in [4.69, 9.17) is 27.9 Å². The number of aryl methyl sites for hydroxylation is 1. The van der Waals surface area contributed by atoms with E-state index in [1.54, 1.807) is 36.7 Å². The van der Waals surface area contributed by atoms with Crippen LogP contribution in [0.4, 0.5) is 5.69 Å². The lowest BCUT2D eigenvalue weighted by molar-refractivity contribution is 0.218. The third-order valence-corrected chi connectivity index (χ3v) is 5.51. The van der Waals surface area contributed by atoms with Crippen molar-refractivity contribution in [2.75, 3.05) is 10.5 Å². The second kappa shape index (κ2) is 8.29. The van der Waals surface area contributed by atoms with Crippen molar-refractivity contribution in [2.24, 2.45) is 0 Å². The molecule has 0 bridgehead atoms. The first kappa shape index (κ1) is 19.9. The number of nitrogens with one attached hydrogen (secondary N) is 1. The quantitative estimate of drug-likeness (QED) is 0.706. The van der Waals surface area contributed by atoms with Gasteiger partial charge in [0.15, 0.2) is 6.73 Å². The van der Waals surface area contributed by atoms with Crippen LogP contribution in [0.5, 0.6) is 5.75 Å². The van der Waals surface area contributed by atoms with Crippen LogP contribution in [0.25, 0.3) is 0 Å². The molecule has 9 heteroatoms. The van der Waals surface area contributed by atoms with Gasteiger partial charge in [0.25, 0.3) is 0 Å². The molecule has 2 rings (SSSR count). The van der Waals surface area contributed by atoms with Crippen LogP contribution in [0.15, 0.2) is 18.2 Å². The van der Waals surface area contributed by atoms with Gasteiger partial charge in [-0.3, -0.25) is 4.72 Å². The van der Waals surface area contributed by atoms with Crippen molar-refractivity contribution in [2.45, 2.75) is 40.3 Å². The molecule has 25 heavy (non-hydrogen) atoms. The Labute approximate surface area is 158 Å². The molecular formula is C16H21Cl2N3O3S. The summed E-state index contributed by atoms with van der Waals surface area (Å²) in [6.45, 7) is 5.58. The molecule has 0 spiro atoms. The Kier molecular flexibility index (Phi) is 6.59. The van der Waals surface area contributed by atoms with Gasteiger partial charge in [-0.25, -0.2) is 13.1 Å². The van der Waals surface area contributed by atoms with E-state index in [2.05, 4.69) is 9.82 Å². The normalized spacial score (nSPS) is 11.6. The number of hydrogen-bond acceptors (Lipinski definition) is 4. The van der Waals surface area contributed by atoms with Gasteiger partial charge in [0.05, 0.1) is 27.9 Å². The summed E-state index contributed by atoms with van der Waals surface area (Å²) < 4.78 is 34.1. The molecule has 1 heterocycles. The lowest BCUT2D eigenvalue weighted by Gasteiger charge is -2.11. The van der Waals surface area contributed by atoms with Gasteiger partial charge in [-0.2, -0.15) is 5.10 Å². The Morgan fingerprint density at radius 1 is 1.28 bits per heavy atom. The molecule has 0 saturated carbocycles. The third-order valence-electron chi connectivity index (χ3n) is 3.64. The fourth-order valence-corrected chi connectivity index (χ4v) is 4.07. The summed E-state index contributed by atoms with van der Waals surface area (Å²) in [6, 6.07) is 4.94. The lowest BCUT2D eigenvalue weighted by atomic mass is 10.3. The molecule has 1 aromatic heterocycles. The topological polar surface area (TPSA) is 73.2 Å². The summed E-state index contributed by atoms with van der Waals surface area (Å²) in [5, 5.41) is 5.25. The first-order chi connectivity index (χ1) is 11.7. The van der Waals surface area contributed by atoms with Gasteiger partial charge in [-0.1, -0.05) is 36.5 Å². The highest BCUT2D eigenvalue weighted by atomic mass is 35.5. The molecule has 0 saturated heterocycles. The smallest absolute Gasteiger partial charge is 0.232 e. The van der Waals surface area contributed by atoms with Crippen LogP contribution >= 0.6 is 23.2 Å². The minimum Gasteiger partial charge on any atom is -0.470 e. The number of sulfonamides is 1. The second-order valence-corrected chi connectivity index (χ2v) is 8.35. The third kappa shape index (κ3) is 5.26. The number of unbranched alkanes of at least 4 members (excludes halogenated alkanes) is 1. The molecule has 1 aromatic carbocycles. The van der Waals surface area contributed by atoms with E-state index in [1.165, 1.54) is 0 Å². The van der Waals surface area contributed by atoms with Crippen LogP contribution in [-0.4, -0.2) is 24.0 Å². The molecule has 0 aliphatic heterocycles. The van der Waals surface area contributed by atoms with Crippen molar-refractivity contribution >= 4 is 38.9 Å². The van der Waals surface area contributed by atoms with E-state index in [0.717, 1.165) is 6.42 Å². The standard InChI is InChI=1S/C16H21Cl2N3O3S/c1-4-5-8-25(22,23)20-16-11(2)19-21(12(16)3)10-24-15-7-6-13(17)9-14(15)18/h6-7,9,20H,4-5,8,10H2,1-3H3. The molecule has 0 radical (unpaired) electrons. The maximum atomic E-state index is 12.1. The average Bonchev–Trinajstić information content (AvgIpc) is 2.79. The maximum absolute atomic E-state index is 12.1. The highest BCUT2D eigenvalue weighted by molar-refractivity contribution is 7.92. The number of ether oxygens (including phenoxy) is 1. The predicted octanol–water partition coefficient (Wildman–Crippen LogP) is 4.39. The van der Waals surface area contributed by atoms with Crippen molar-refractivity contribution in [1.82, 2.24) is 9.78 Å². The SMILES string of the molecule is CCCCS(=O)(=O)Nc1c(C)nn(COc2ccc(Cl)cc2Cl)c1C. The number of aromatic nitrogens is 2. The largest absolute Gasteiger partial charge is 0.470 e. The number of halogens is 2. The van der Waals surface area contributed by atoms with Gasteiger partial charge in [0.2, 0.25) is 10.0 Å². The van der Waals surface area contributed by atoms with Gasteiger partial charge in [0.1, 0.15) is 5.75 Å². The lowest BCUT2D eigenvalue weighted by Crippen LogP contribution is -2.17. The molecule has 0 aliphatic rings. The zero-order valence-corrected chi connectivity index (χ0v) is 16.7. The fraction of sp³-hybridized carbons (Fsp3) is 0.438. The summed E-state index contributed by atoms with van der Waals surface area (Å²) >= 11 is 11.9. The van der Waals surface area contributed by atoms with Gasteiger partial charge in [-0.15, -0.1) is 0 Å². The first-order valence-electron chi connectivity index (χ1n) is 7.86. The molecular weight excluding hydrogens is 385 g/mol. The van der Waals surface area contributed by atoms with Crippen LogP contribution in [0.1, 0.15) is 31.2 Å². The Bertz CT molecular complexity index is 851. The molecule has 1 N–H and O–H groups in total. The van der Waals surface area contributed by atoms with E-state index < -0.39 is 10.0 Å². The second-order valence-electron chi connectivity index (χ2n) is 5.67. The van der Waals surface area contributed by atoms with Crippen LogP contribution in [-0.2, 0) is 16.8 Å². The maximum Gasteiger partial charge on any atom is 0.232 e. The Balaban J connectivity index is 2.13. The van der Waals surface area contributed by atoms with Gasteiger partial charge < -0.3 is 4.74 Å². The monoisotopic (exact) mass is 405 g/mol. The summed E-state index contributed by atoms with van der Waals surface area (Å²) in [6.07, 6.45) is 1.42. The highest BCUT2D eigenvalue weighted by Crippen LogP contribution is 2.28. The Hall–Kier alpha value is -1.44. The van der Waals surface area contributed by atoms with E-state index in [1.807, 2.05) is 6.92 Å². The van der Waals surface area contributed by atoms with Gasteiger partial charge in [-0.05, 0) is 38.5 Å². The van der Waals surface area contributed by atoms with E-state index in [0.29, 0.717) is 39.3 Å². The van der Waals surface area contributed by atoms with Crippen LogP contribution in [0.3, 0.4) is 0 Å². The minimum absolute atomic E-state index is 0.0877. The van der Waals surface area contributed by atoms with Crippen molar-refractivity contribution in [3.05, 3.63) is 39.6 Å². The van der Waals surface area contributed by atoms with Crippen molar-refractivity contribution in [3.63, 3.8) is 0 Å². The Morgan fingerprint density at radius 2 is 2.00 bits per heavy atom. The van der Waals surface area contributed by atoms with E-state index in [9.17, 15) is 8.42 Å². The van der Waals surface area contributed by atoms with Crippen molar-refractivity contribution < 1.29 is 13.2 Å². The fourth-order valence-electron chi connectivity index (χ4n) is 2.23. The summed E-state index contributed by atoms with van der Waals surface area (Å²) in [7, 11) is -3.39. The van der Waals surface area contributed by atoms with E-state index >= 15 is 0 Å². The Morgan fingerprint density at radius 3 is 2.64 bits per heavy atom. The van der Waals surface area contributed by atoms with Crippen molar-refractivity contribution in [3.8, 4) is 5.75 Å². The van der Waals surface area contributed by atoms with Crippen LogP contribution < -0.4 is 9.46 Å². The molecule has 0 fully saturated rings. The molecule has 0 aliphatic carbocycles. The molecule has 2 aromatic rings. The number of hydrogen-bond donors (Lipinski definition) is 1. The summed E-state index contributed by atoms with van der Waals surface area (Å²) in [5.74, 6) is 0.563. The minimum atomic E-state index is -3.39. The highest BCUT2D eigenvalue weighted by Gasteiger charge is 2.18. The van der Waals surface area contributed by atoms with Crippen LogP contribution in [0.2, 0.25) is 10.0 Å². The molecule has 0 atom stereocenters. The molecule has 0 amide bonds. The van der Waals surface area contributed by atoms with E-state index in [-0.39, 0.29) is 12.5 Å². The average molecular weight is 406 g/mol. The predicted molar refractivity (Wildman–Crippen MR) is 101 cm³/mol. The number of rotatable bonds is 8. The first-order valence-corrected chi connectivity index (χ1v) is 10.3.